The second-order valence-corrected chi connectivity index (χ2v) is 8.13. The number of hydrogen-bond donors (Lipinski definition) is 2. The Balaban J connectivity index is 1.48. The van der Waals surface area contributed by atoms with E-state index in [1.54, 1.807) is 29.4 Å². The predicted octanol–water partition coefficient (Wildman–Crippen LogP) is 2.90. The summed E-state index contributed by atoms with van der Waals surface area (Å²) in [5.74, 6) is 4.75. The van der Waals surface area contributed by atoms with Gasteiger partial charge in [-0.25, -0.2) is 9.18 Å². The maximum Gasteiger partial charge on any atom is 0.405 e. The fourth-order valence-corrected chi connectivity index (χ4v) is 3.99. The number of fused-ring (bicyclic) bond motifs is 1. The Labute approximate surface area is 189 Å². The van der Waals surface area contributed by atoms with Crippen molar-refractivity contribution in [2.45, 2.75) is 31.5 Å². The number of pyridine rings is 1. The molecule has 1 saturated carbocycles. The van der Waals surface area contributed by atoms with E-state index in [2.05, 4.69) is 22.1 Å². The zero-order valence-electron chi connectivity index (χ0n) is 17.6. The molecule has 2 aliphatic rings. The Hall–Kier alpha value is -4.19. The average Bonchev–Trinajstić information content (AvgIpc) is 3.46. The van der Waals surface area contributed by atoms with Gasteiger partial charge in [-0.05, 0) is 60.7 Å². The van der Waals surface area contributed by atoms with Crippen molar-refractivity contribution in [2.75, 3.05) is 6.54 Å². The van der Waals surface area contributed by atoms with Crippen LogP contribution < -0.4 is 5.32 Å². The van der Waals surface area contributed by atoms with Gasteiger partial charge >= 0.3 is 6.09 Å². The molecule has 1 fully saturated rings. The molecule has 2 amide bonds. The maximum absolute atomic E-state index is 13.5. The second kappa shape index (κ2) is 8.06. The van der Waals surface area contributed by atoms with Crippen LogP contribution >= 0.6 is 0 Å². The van der Waals surface area contributed by atoms with Crippen LogP contribution in [0.5, 0.6) is 0 Å². The zero-order valence-corrected chi connectivity index (χ0v) is 17.6. The molecular weight excluding hydrogens is 425 g/mol. The van der Waals surface area contributed by atoms with Gasteiger partial charge in [0.25, 0.3) is 5.91 Å². The molecular formula is C24H20FN5O3. The van der Waals surface area contributed by atoms with Gasteiger partial charge in [0.15, 0.2) is 0 Å². The first-order valence-electron chi connectivity index (χ1n) is 10.5. The maximum atomic E-state index is 13.5. The highest BCUT2D eigenvalue weighted by Gasteiger charge is 2.43. The first-order chi connectivity index (χ1) is 15.9. The van der Waals surface area contributed by atoms with Crippen LogP contribution in [-0.2, 0) is 17.9 Å². The third-order valence-corrected chi connectivity index (χ3v) is 5.86. The summed E-state index contributed by atoms with van der Waals surface area (Å²) in [7, 11) is 0. The third-order valence-electron chi connectivity index (χ3n) is 5.86. The summed E-state index contributed by atoms with van der Waals surface area (Å²) < 4.78 is 15.4. The van der Waals surface area contributed by atoms with E-state index in [1.165, 1.54) is 12.1 Å². The number of carboxylic acid groups (broad SMARTS) is 1. The lowest BCUT2D eigenvalue weighted by molar-refractivity contribution is -0.126. The van der Waals surface area contributed by atoms with Crippen molar-refractivity contribution in [3.63, 3.8) is 0 Å². The molecule has 166 valence electrons. The summed E-state index contributed by atoms with van der Waals surface area (Å²) in [6.07, 6.45) is 3.43. The van der Waals surface area contributed by atoms with E-state index in [1.807, 2.05) is 16.8 Å². The summed E-state index contributed by atoms with van der Waals surface area (Å²) in [4.78, 5) is 29.5. The van der Waals surface area contributed by atoms with E-state index in [0.717, 1.165) is 22.4 Å². The smallest absolute Gasteiger partial charge is 0.405 e. The largest absolute Gasteiger partial charge is 0.465 e. The topological polar surface area (TPSA) is 100 Å². The van der Waals surface area contributed by atoms with Crippen molar-refractivity contribution >= 4 is 12.0 Å². The first kappa shape index (κ1) is 20.7. The van der Waals surface area contributed by atoms with Crippen LogP contribution in [0.4, 0.5) is 9.18 Å². The number of hydrogen-bond acceptors (Lipinski definition) is 4. The van der Waals surface area contributed by atoms with Crippen LogP contribution in [0.15, 0.2) is 48.8 Å². The molecule has 0 saturated heterocycles. The Morgan fingerprint density at radius 3 is 2.45 bits per heavy atom. The van der Waals surface area contributed by atoms with Crippen LogP contribution in [0.2, 0.25) is 0 Å². The summed E-state index contributed by atoms with van der Waals surface area (Å²) >= 11 is 0. The van der Waals surface area contributed by atoms with Crippen molar-refractivity contribution in [2.24, 2.45) is 0 Å². The Morgan fingerprint density at radius 1 is 1.06 bits per heavy atom. The number of halogens is 1. The standard InChI is InChI=1S/C24H20FN5O3/c25-18-3-1-17(2-4-18)22-21(16-6-11-26-12-7-16)19-15-29(13-14-30(19)28-22)20(31)5-8-24(9-10-24)27-23(32)33/h1-4,6-7,11-12,27H,9-10,13-15H2,(H,32,33). The number of aromatic nitrogens is 3. The van der Waals surface area contributed by atoms with Crippen LogP contribution in [0.25, 0.3) is 22.4 Å². The van der Waals surface area contributed by atoms with Crippen molar-refractivity contribution in [3.05, 3.63) is 60.3 Å². The molecule has 0 spiro atoms. The Morgan fingerprint density at radius 2 is 1.79 bits per heavy atom. The normalized spacial score (nSPS) is 15.7. The number of carbonyl (C=O) groups excluding carboxylic acids is 1. The highest BCUT2D eigenvalue weighted by molar-refractivity contribution is 5.94. The van der Waals surface area contributed by atoms with E-state index in [4.69, 9.17) is 10.2 Å². The highest BCUT2D eigenvalue weighted by Crippen LogP contribution is 2.37. The molecule has 8 nitrogen and oxygen atoms in total. The molecule has 1 aliphatic carbocycles. The van der Waals surface area contributed by atoms with Gasteiger partial charge in [-0.3, -0.25) is 14.5 Å². The number of rotatable bonds is 3. The van der Waals surface area contributed by atoms with Crippen molar-refractivity contribution in [1.82, 2.24) is 25.0 Å². The van der Waals surface area contributed by atoms with E-state index in [9.17, 15) is 14.0 Å². The molecule has 9 heteroatoms. The van der Waals surface area contributed by atoms with Gasteiger partial charge in [0, 0.05) is 30.1 Å². The first-order valence-corrected chi connectivity index (χ1v) is 10.5. The summed E-state index contributed by atoms with van der Waals surface area (Å²) in [6.45, 7) is 1.22. The molecule has 2 N–H and O–H groups in total. The van der Waals surface area contributed by atoms with Gasteiger partial charge in [-0.1, -0.05) is 5.92 Å². The molecule has 33 heavy (non-hydrogen) atoms. The molecule has 5 rings (SSSR count). The van der Waals surface area contributed by atoms with E-state index in [0.29, 0.717) is 38.2 Å². The van der Waals surface area contributed by atoms with Crippen LogP contribution in [0, 0.1) is 17.7 Å². The number of benzene rings is 1. The lowest BCUT2D eigenvalue weighted by Crippen LogP contribution is -2.38. The molecule has 2 aromatic heterocycles. The number of nitrogens with one attached hydrogen (secondary N) is 1. The predicted molar refractivity (Wildman–Crippen MR) is 117 cm³/mol. The molecule has 3 heterocycles. The Bertz CT molecular complexity index is 1290. The lowest BCUT2D eigenvalue weighted by atomic mass is 9.99. The van der Waals surface area contributed by atoms with Gasteiger partial charge in [-0.15, -0.1) is 0 Å². The summed E-state index contributed by atoms with van der Waals surface area (Å²) in [5, 5.41) is 16.1. The fourth-order valence-electron chi connectivity index (χ4n) is 3.99. The van der Waals surface area contributed by atoms with Crippen molar-refractivity contribution in [1.29, 1.82) is 0 Å². The Kier molecular flexibility index (Phi) is 5.05. The van der Waals surface area contributed by atoms with Gasteiger partial charge in [0.05, 0.1) is 18.8 Å². The molecule has 0 bridgehead atoms. The van der Waals surface area contributed by atoms with Gasteiger partial charge in [-0.2, -0.15) is 5.10 Å². The highest BCUT2D eigenvalue weighted by atomic mass is 19.1. The van der Waals surface area contributed by atoms with Gasteiger partial charge < -0.3 is 15.3 Å². The molecule has 0 radical (unpaired) electrons. The van der Waals surface area contributed by atoms with Crippen molar-refractivity contribution in [3.8, 4) is 34.2 Å². The molecule has 3 aromatic rings. The van der Waals surface area contributed by atoms with Crippen LogP contribution in [0.1, 0.15) is 18.5 Å². The van der Waals surface area contributed by atoms with Crippen LogP contribution in [-0.4, -0.2) is 48.9 Å². The second-order valence-electron chi connectivity index (χ2n) is 8.13. The van der Waals surface area contributed by atoms with E-state index < -0.39 is 11.6 Å². The van der Waals surface area contributed by atoms with Gasteiger partial charge in [0.2, 0.25) is 0 Å². The lowest BCUT2D eigenvalue weighted by Gasteiger charge is -2.26. The molecule has 1 aromatic carbocycles. The van der Waals surface area contributed by atoms with Gasteiger partial charge in [0.1, 0.15) is 17.1 Å². The molecule has 1 aliphatic heterocycles. The minimum Gasteiger partial charge on any atom is -0.465 e. The minimum absolute atomic E-state index is 0.304. The monoisotopic (exact) mass is 445 g/mol. The fraction of sp³-hybridized carbons (Fsp3) is 0.250. The summed E-state index contributed by atoms with van der Waals surface area (Å²) in [6, 6.07) is 9.92. The van der Waals surface area contributed by atoms with E-state index in [-0.39, 0.29) is 11.7 Å². The molecule has 0 unspecified atom stereocenters. The van der Waals surface area contributed by atoms with E-state index >= 15 is 0 Å². The number of carbonyl (C=O) groups is 2. The minimum atomic E-state index is -1.15. The average molecular weight is 445 g/mol. The SMILES string of the molecule is O=C(O)NC1(C#CC(=O)N2CCn3nc(-c4ccc(F)cc4)c(-c4ccncc4)c3C2)CC1. The number of nitrogens with zero attached hydrogens (tertiary/aromatic N) is 4. The molecule has 0 atom stereocenters. The third kappa shape index (κ3) is 4.15. The zero-order chi connectivity index (χ0) is 23.0. The number of amides is 2. The summed E-state index contributed by atoms with van der Waals surface area (Å²) in [5.41, 5.74) is 3.29. The van der Waals surface area contributed by atoms with Crippen LogP contribution in [0.3, 0.4) is 0 Å². The quantitative estimate of drug-likeness (QED) is 0.604. The van der Waals surface area contributed by atoms with Crippen molar-refractivity contribution < 1.29 is 19.1 Å².